The molecule has 0 radical (unpaired) electrons. The van der Waals surface area contributed by atoms with Crippen LogP contribution in [-0.4, -0.2) is 0 Å². The van der Waals surface area contributed by atoms with Crippen molar-refractivity contribution in [1.29, 1.82) is 0 Å². The van der Waals surface area contributed by atoms with E-state index in [4.69, 9.17) is 78.1 Å². The van der Waals surface area contributed by atoms with Gasteiger partial charge in [0.2, 0.25) is 0 Å². The molecule has 0 aliphatic heterocycles. The molecule has 0 N–H and O–H groups in total. The minimum absolute atomic E-state index is 0.627. The monoisotopic (exact) mass is 1730 g/mol. The Morgan fingerprint density at radius 2 is 0.308 bits per heavy atom. The Kier molecular flexibility index (Phi) is 7.65. The third kappa shape index (κ3) is 14.5. The van der Waals surface area contributed by atoms with E-state index >= 15 is 0 Å². The fourth-order valence-electron chi connectivity index (χ4n) is 14.7. The first kappa shape index (κ1) is 29.1. The molecule has 0 fully saturated rings. The van der Waals surface area contributed by atoms with Crippen molar-refractivity contribution >= 4 is 108 Å². The van der Waals surface area contributed by atoms with E-state index in [9.17, 15) is 39.8 Å². The summed E-state index contributed by atoms with van der Waals surface area (Å²) >= 11 is 0. The fraction of sp³-hybridized carbons (Fsp3) is 0. The average molecular weight is 1730 g/mol. The van der Waals surface area contributed by atoms with Crippen LogP contribution < -0.4 is 0 Å². The van der Waals surface area contributed by atoms with E-state index in [0.717, 1.165) is 0 Å². The lowest BCUT2D eigenvalue weighted by atomic mass is 9.82. The van der Waals surface area contributed by atoms with Gasteiger partial charge in [0.25, 0.3) is 0 Å². The number of hydrogen-bond acceptors (Lipinski definition) is 0. The molecule has 0 aromatic heterocycles. The van der Waals surface area contributed by atoms with Gasteiger partial charge in [0.15, 0.2) is 0 Å². The van der Waals surface area contributed by atoms with Gasteiger partial charge < -0.3 is 0 Å². The molecular formula is C130H86. The van der Waals surface area contributed by atoms with Crippen LogP contribution in [0.5, 0.6) is 0 Å². The van der Waals surface area contributed by atoms with E-state index in [0.29, 0.717) is 0 Å². The number of fused-ring (bicyclic) bond motifs is 10. The second kappa shape index (κ2) is 34.2. The molecule has 25 aromatic rings. The molecule has 0 atom stereocenters. The van der Waals surface area contributed by atoms with E-state index in [-0.39, 0.29) is 0 Å². The third-order valence-corrected chi connectivity index (χ3v) is 20.1. The van der Waals surface area contributed by atoms with Crippen molar-refractivity contribution in [2.75, 3.05) is 0 Å². The molecule has 0 bridgehead atoms. The lowest BCUT2D eigenvalue weighted by molar-refractivity contribution is 1.60. The highest BCUT2D eigenvalue weighted by atomic mass is 14.3. The van der Waals surface area contributed by atoms with Gasteiger partial charge in [-0.15, -0.1) is 0 Å². The quantitative estimate of drug-likeness (QED) is 0.107. The largest absolute Gasteiger partial charge is 0.0636 e. The summed E-state index contributed by atoms with van der Waals surface area (Å²) in [7, 11) is 0. The van der Waals surface area contributed by atoms with Crippen LogP contribution in [0.25, 0.3) is 241 Å². The molecule has 0 aliphatic carbocycles. The van der Waals surface area contributed by atoms with Crippen molar-refractivity contribution in [3.8, 4) is 134 Å². The van der Waals surface area contributed by atoms with Gasteiger partial charge in [-0.1, -0.05) is 483 Å². The van der Waals surface area contributed by atoms with Crippen molar-refractivity contribution in [2.45, 2.75) is 0 Å². The predicted molar refractivity (Wildman–Crippen MR) is 560 cm³/mol. The molecule has 0 unspecified atom stereocenters. The van der Waals surface area contributed by atoms with Gasteiger partial charge in [-0.25, -0.2) is 0 Å². The molecule has 130 heavy (non-hydrogen) atoms. The molecule has 0 amide bonds. The summed E-state index contributed by atoms with van der Waals surface area (Å²) in [6.45, 7) is 0. The summed E-state index contributed by atoms with van der Waals surface area (Å²) in [6.07, 6.45) is 0. The lowest BCUT2D eigenvalue weighted by Gasteiger charge is -2.21. The standard InChI is InChI=1S/C46H30.2C42H28/c1-2-14-32(15-3-1)38-20-8-9-21-40(38)46-42-23-11-10-22-41(42)45(36-26-25-31-13-4-5-17-34(31)29-36)44-30-35(27-28-43(44)46)39-24-12-18-33-16-6-7-19-37(33)39;1-3-13-29(14-4-1)33-25-26-39-40(28-33)41(34-24-23-30-15-7-8-18-32(30)27-34)37-21-11-12-22-38(37)42(39)36-20-10-9-19-35(36)31-16-5-2-6-17-31;1-3-13-29(14-4-1)33-25-26-39-40(28-33)42(36-20-10-9-19-35(36)31-16-5-2-6-17-31)38-22-12-11-21-37(38)41(39)34-24-23-30-15-7-8-18-32(30)27-34/h1-30H;2*1-28H/i1D,2D,3D,4D,5D,6D,7D,8D,9D,10D,11D,12D,13D,14D,15D,16D,17D,18D,19D,20D,21D,22D,23D,24D,25D,26D,27D,28D,29D,30D;2*1D,2D,3D,4D,5D,6D,7D,8D,9D,10D,11D,12D,13D,14D,15D,16D,17D,18D,19D,20D,21D,22D,23D,24D,25D,26D,27D,28D. The van der Waals surface area contributed by atoms with E-state index in [1.54, 1.807) is 0 Å². The van der Waals surface area contributed by atoms with E-state index < -0.39 is 761 Å². The lowest BCUT2D eigenvalue weighted by Crippen LogP contribution is -1.93. The summed E-state index contributed by atoms with van der Waals surface area (Å²) in [5, 5.41) is -15.9. The molecule has 25 aromatic carbocycles. The highest BCUT2D eigenvalue weighted by molar-refractivity contribution is 6.27. The molecule has 0 aliphatic rings. The average Bonchev–Trinajstić information content (AvgIpc) is 0.680. The molecule has 25 rings (SSSR count). The van der Waals surface area contributed by atoms with E-state index in [1.807, 2.05) is 0 Å². The number of hydrogen-bond donors (Lipinski definition) is 0. The van der Waals surface area contributed by atoms with E-state index in [2.05, 4.69) is 0 Å². The van der Waals surface area contributed by atoms with Gasteiger partial charge >= 0.3 is 0 Å². The minimum atomic E-state index is -1.20. The zero-order chi connectivity index (χ0) is 161. The highest BCUT2D eigenvalue weighted by Gasteiger charge is 2.25. The molecule has 0 saturated carbocycles. The Hall–Kier alpha value is -16.9. The number of rotatable bonds is 12. The first-order valence-corrected chi connectivity index (χ1v) is 38.0. The normalized spacial score (nSPS) is 20.6. The van der Waals surface area contributed by atoms with Crippen LogP contribution >= 0.6 is 0 Å². The summed E-state index contributed by atoms with van der Waals surface area (Å²) in [5.41, 5.74) is -21.4. The van der Waals surface area contributed by atoms with Gasteiger partial charge in [0.1, 0.15) is 0 Å². The second-order valence-corrected chi connectivity index (χ2v) is 27.2. The van der Waals surface area contributed by atoms with Crippen molar-refractivity contribution in [1.82, 2.24) is 0 Å². The molecule has 0 heterocycles. The van der Waals surface area contributed by atoms with Gasteiger partial charge in [-0.3, -0.25) is 0 Å². The molecule has 0 spiro atoms. The SMILES string of the molecule is [2H]c1c([2H])c([2H])c(-c2c([2H])c([2H])c([2H])c([2H])c2-c2c3c([2H])c([2H])c([2H])c([2H])c3c(-c3c([2H])c([2H])c4c([2H])c([2H])c([2H])c([2H])c4c3[2H])c3c([2H])c(-c4c([2H])c([2H])c([2H])c([2H])c4[2H])c([2H])c([2H])c23)c([2H])c1[2H].[2H]c1c([2H])c([2H])c(-c2c([2H])c([2H])c([2H])c([2H])c2-c2c3c([2H])c([2H])c([2H])c([2H])c3c(-c3c([2H])c([2H])c4c([2H])c([2H])c([2H])c([2H])c4c3[2H])c3c([2H])c(-c4c([2H])c([2H])c([2H])c5c([2H])c([2H])c([2H])c([2H])c45)c([2H])c([2H])c23)c([2H])c1[2H].[2H]c1c([2H])c([2H])c(-c2c([2H])c([2H])c([2H])c([2H])c2-c2c3c([2H])c([2H])c([2H])c([2H])c3c(-c3c([2H])c([2H])c4c([2H])c([2H])c([2H])c([2H])c4c3[2H])c3c([2H])c([2H])c(-c4c([2H])c([2H])c([2H])c([2H])c4[2H])c([2H])c23)c([2H])c1[2H]. The first-order valence-electron chi connectivity index (χ1n) is 81.0. The Bertz CT molecular complexity index is 14100. The Labute approximate surface area is 878 Å². The second-order valence-electron chi connectivity index (χ2n) is 27.2. The zero-order valence-corrected chi connectivity index (χ0v) is 65.0. The summed E-state index contributed by atoms with van der Waals surface area (Å²) in [5.74, 6) is 0. The molecule has 606 valence electrons. The van der Waals surface area contributed by atoms with Crippen LogP contribution in [0.1, 0.15) is 118 Å². The van der Waals surface area contributed by atoms with Crippen molar-refractivity contribution in [2.24, 2.45) is 0 Å². The molecular weight excluding hydrogens is 1560 g/mol. The maximum Gasteiger partial charge on any atom is 0.0636 e. The highest BCUT2D eigenvalue weighted by Crippen LogP contribution is 2.53. The van der Waals surface area contributed by atoms with Crippen LogP contribution in [-0.2, 0) is 0 Å². The Morgan fingerprint density at radius 1 is 0.0923 bits per heavy atom. The molecule has 0 saturated heterocycles. The fourth-order valence-corrected chi connectivity index (χ4v) is 14.7. The van der Waals surface area contributed by atoms with Crippen LogP contribution in [0.3, 0.4) is 0 Å². The van der Waals surface area contributed by atoms with Crippen LogP contribution in [0, 0.1) is 0 Å². The Morgan fingerprint density at radius 3 is 0.669 bits per heavy atom. The number of benzene rings is 25. The van der Waals surface area contributed by atoms with E-state index in [1.165, 1.54) is 0 Å². The topological polar surface area (TPSA) is 0 Å². The maximum absolute atomic E-state index is 10.3. The predicted octanol–water partition coefficient (Wildman–Crippen LogP) is 36.6. The smallest absolute Gasteiger partial charge is 0.0622 e. The van der Waals surface area contributed by atoms with Crippen molar-refractivity contribution < 1.29 is 118 Å². The first-order chi connectivity index (χ1) is 100. The van der Waals surface area contributed by atoms with Crippen molar-refractivity contribution in [3.05, 3.63) is 520 Å². The van der Waals surface area contributed by atoms with Crippen LogP contribution in [0.4, 0.5) is 0 Å². The molecule has 0 heteroatoms. The molecule has 0 nitrogen and oxygen atoms in total. The van der Waals surface area contributed by atoms with Gasteiger partial charge in [0.05, 0.1) is 118 Å². The van der Waals surface area contributed by atoms with Crippen LogP contribution in [0.15, 0.2) is 520 Å². The summed E-state index contributed by atoms with van der Waals surface area (Å²) in [6, 6.07) is -87.6. The van der Waals surface area contributed by atoms with Gasteiger partial charge in [-0.05, 0) is 278 Å². The third-order valence-electron chi connectivity index (χ3n) is 20.1. The summed E-state index contributed by atoms with van der Waals surface area (Å²) in [4.78, 5) is 0. The van der Waals surface area contributed by atoms with Crippen molar-refractivity contribution in [3.63, 3.8) is 0 Å². The Balaban J connectivity index is 0.000000164. The maximum atomic E-state index is 10.3. The minimum Gasteiger partial charge on any atom is -0.0622 e. The van der Waals surface area contributed by atoms with Gasteiger partial charge in [-0.2, -0.15) is 0 Å². The summed E-state index contributed by atoms with van der Waals surface area (Å²) < 4.78 is 772. The van der Waals surface area contributed by atoms with Gasteiger partial charge in [0, 0.05) is 0 Å². The van der Waals surface area contributed by atoms with Crippen LogP contribution in [0.2, 0.25) is 0 Å². The zero-order valence-electron chi connectivity index (χ0n) is 151.